The predicted molar refractivity (Wildman–Crippen MR) is 120 cm³/mol. The lowest BCUT2D eigenvalue weighted by Crippen LogP contribution is -2.23. The largest absolute Gasteiger partial charge is 0.309 e. The minimum atomic E-state index is -3.51. The van der Waals surface area contributed by atoms with Crippen LogP contribution >= 0.6 is 0 Å². The van der Waals surface area contributed by atoms with Crippen LogP contribution in [0.2, 0.25) is 0 Å². The van der Waals surface area contributed by atoms with E-state index in [-0.39, 0.29) is 10.3 Å². The summed E-state index contributed by atoms with van der Waals surface area (Å²) in [6, 6.07) is 9.51. The van der Waals surface area contributed by atoms with Crippen molar-refractivity contribution in [3.8, 4) is 11.3 Å². The Morgan fingerprint density at radius 1 is 1.06 bits per heavy atom. The van der Waals surface area contributed by atoms with Crippen LogP contribution in [0.15, 0.2) is 53.8 Å². The number of hydrogen-bond acceptors (Lipinski definition) is 6. The lowest BCUT2D eigenvalue weighted by molar-refractivity contribution is 0.520. The molecular weight excluding hydrogens is 410 g/mol. The molecule has 1 aliphatic carbocycles. The van der Waals surface area contributed by atoms with Crippen LogP contribution in [0.5, 0.6) is 0 Å². The van der Waals surface area contributed by atoms with Gasteiger partial charge in [0.1, 0.15) is 0 Å². The maximum absolute atomic E-state index is 12.7. The lowest BCUT2D eigenvalue weighted by Gasteiger charge is -2.19. The molecule has 1 aromatic carbocycles. The highest BCUT2D eigenvalue weighted by Crippen LogP contribution is 2.58. The highest BCUT2D eigenvalue weighted by molar-refractivity contribution is 7.89. The summed E-state index contributed by atoms with van der Waals surface area (Å²) in [4.78, 5) is 16.0. The summed E-state index contributed by atoms with van der Waals surface area (Å²) < 4.78 is 26.6. The van der Waals surface area contributed by atoms with Crippen LogP contribution in [0.1, 0.15) is 30.9 Å². The van der Waals surface area contributed by atoms with Crippen LogP contribution < -0.4 is 4.90 Å². The molecular formula is C23H25N5O2S. The second kappa shape index (κ2) is 7.10. The summed E-state index contributed by atoms with van der Waals surface area (Å²) in [5.74, 6) is 0.583. The maximum Gasteiger partial charge on any atom is 0.242 e. The SMILES string of the molecule is CCc1ccnc(-c2cnc(N3CC4(CC4)c4ccc(S(=O)(=O)N(C)C)cc43)nc2)c1. The van der Waals surface area contributed by atoms with Gasteiger partial charge in [0.25, 0.3) is 0 Å². The van der Waals surface area contributed by atoms with Gasteiger partial charge in [-0.2, -0.15) is 0 Å². The third kappa shape index (κ3) is 3.30. The van der Waals surface area contributed by atoms with E-state index in [4.69, 9.17) is 0 Å². The Morgan fingerprint density at radius 2 is 1.81 bits per heavy atom. The summed E-state index contributed by atoms with van der Waals surface area (Å²) in [5.41, 5.74) is 5.10. The van der Waals surface area contributed by atoms with E-state index in [1.807, 2.05) is 18.3 Å². The number of pyridine rings is 1. The first-order valence-electron chi connectivity index (χ1n) is 10.5. The van der Waals surface area contributed by atoms with Crippen molar-refractivity contribution >= 4 is 21.7 Å². The van der Waals surface area contributed by atoms with Gasteiger partial charge in [0.05, 0.1) is 10.6 Å². The number of fused-ring (bicyclic) bond motifs is 2. The number of hydrogen-bond donors (Lipinski definition) is 0. The molecule has 5 rings (SSSR count). The van der Waals surface area contributed by atoms with Crippen molar-refractivity contribution in [2.24, 2.45) is 0 Å². The number of aromatic nitrogens is 3. The Bertz CT molecular complexity index is 1250. The molecule has 1 fully saturated rings. The Hall–Kier alpha value is -2.84. The topological polar surface area (TPSA) is 79.3 Å². The van der Waals surface area contributed by atoms with E-state index < -0.39 is 10.0 Å². The van der Waals surface area contributed by atoms with E-state index in [0.29, 0.717) is 5.95 Å². The second-order valence-electron chi connectivity index (χ2n) is 8.51. The van der Waals surface area contributed by atoms with E-state index in [1.165, 1.54) is 15.4 Å². The molecule has 2 aromatic heterocycles. The highest BCUT2D eigenvalue weighted by atomic mass is 32.2. The Morgan fingerprint density at radius 3 is 2.45 bits per heavy atom. The zero-order valence-corrected chi connectivity index (χ0v) is 18.7. The fraction of sp³-hybridized carbons (Fsp3) is 0.348. The standard InChI is InChI=1S/C23H25N5O2S/c1-4-16-7-10-24-20(11-16)17-13-25-22(26-14-17)28-15-23(8-9-23)19-6-5-18(12-21(19)28)31(29,30)27(2)3/h5-7,10-14H,4,8-9,15H2,1-3H3. The quantitative estimate of drug-likeness (QED) is 0.610. The van der Waals surface area contributed by atoms with Crippen LogP contribution in [0.3, 0.4) is 0 Å². The monoisotopic (exact) mass is 435 g/mol. The Balaban J connectivity index is 1.52. The van der Waals surface area contributed by atoms with Gasteiger partial charge in [-0.1, -0.05) is 13.0 Å². The molecule has 8 heteroatoms. The first kappa shape index (κ1) is 20.1. The first-order chi connectivity index (χ1) is 14.8. The van der Waals surface area contributed by atoms with Crippen molar-refractivity contribution in [3.63, 3.8) is 0 Å². The van der Waals surface area contributed by atoms with Crippen LogP contribution in [0.4, 0.5) is 11.6 Å². The number of rotatable bonds is 5. The third-order valence-electron chi connectivity index (χ3n) is 6.33. The van der Waals surface area contributed by atoms with Gasteiger partial charge in [-0.3, -0.25) is 4.98 Å². The number of anilines is 2. The van der Waals surface area contributed by atoms with Gasteiger partial charge in [-0.15, -0.1) is 0 Å². The summed E-state index contributed by atoms with van der Waals surface area (Å²) in [5, 5.41) is 0. The number of sulfonamides is 1. The van der Waals surface area contributed by atoms with E-state index in [9.17, 15) is 8.42 Å². The number of aryl methyl sites for hydroxylation is 1. The molecule has 0 unspecified atom stereocenters. The molecule has 3 aromatic rings. The Kier molecular flexibility index (Phi) is 4.60. The summed E-state index contributed by atoms with van der Waals surface area (Å²) in [7, 11) is -0.417. The third-order valence-corrected chi connectivity index (χ3v) is 8.14. The summed E-state index contributed by atoms with van der Waals surface area (Å²) >= 11 is 0. The van der Waals surface area contributed by atoms with Crippen LogP contribution in [-0.2, 0) is 21.9 Å². The van der Waals surface area contributed by atoms with Gasteiger partial charge in [0.15, 0.2) is 0 Å². The van der Waals surface area contributed by atoms with Crippen molar-refractivity contribution in [1.82, 2.24) is 19.3 Å². The molecule has 0 saturated heterocycles. The smallest absolute Gasteiger partial charge is 0.242 e. The fourth-order valence-corrected chi connectivity index (χ4v) is 5.15. The van der Waals surface area contributed by atoms with Crippen molar-refractivity contribution in [2.75, 3.05) is 25.5 Å². The number of benzene rings is 1. The van der Waals surface area contributed by atoms with Crippen LogP contribution in [0, 0.1) is 0 Å². The average Bonchev–Trinajstić information content (AvgIpc) is 3.50. The molecule has 2 aliphatic rings. The van der Waals surface area contributed by atoms with E-state index in [2.05, 4.69) is 32.8 Å². The maximum atomic E-state index is 12.7. The molecule has 31 heavy (non-hydrogen) atoms. The van der Waals surface area contributed by atoms with Gasteiger partial charge in [0, 0.05) is 55.9 Å². The first-order valence-corrected chi connectivity index (χ1v) is 11.9. The minimum absolute atomic E-state index is 0.0920. The molecule has 7 nitrogen and oxygen atoms in total. The molecule has 1 saturated carbocycles. The predicted octanol–water partition coefficient (Wildman–Crippen LogP) is 3.53. The van der Waals surface area contributed by atoms with Crippen LogP contribution in [0.25, 0.3) is 11.3 Å². The zero-order chi connectivity index (χ0) is 21.8. The summed E-state index contributed by atoms with van der Waals surface area (Å²) in [6.45, 7) is 2.89. The van der Waals surface area contributed by atoms with E-state index >= 15 is 0 Å². The van der Waals surface area contributed by atoms with Crippen LogP contribution in [-0.4, -0.2) is 48.3 Å². The number of nitrogens with zero attached hydrogens (tertiary/aromatic N) is 5. The molecule has 160 valence electrons. The summed E-state index contributed by atoms with van der Waals surface area (Å²) in [6.07, 6.45) is 8.54. The molecule has 0 bridgehead atoms. The molecule has 0 radical (unpaired) electrons. The minimum Gasteiger partial charge on any atom is -0.309 e. The van der Waals surface area contributed by atoms with Gasteiger partial charge < -0.3 is 4.90 Å². The normalized spacial score (nSPS) is 16.7. The zero-order valence-electron chi connectivity index (χ0n) is 17.9. The van der Waals surface area contributed by atoms with Crippen molar-refractivity contribution < 1.29 is 8.42 Å². The van der Waals surface area contributed by atoms with Crippen molar-refractivity contribution in [2.45, 2.75) is 36.5 Å². The second-order valence-corrected chi connectivity index (χ2v) is 10.7. The molecule has 0 N–H and O–H groups in total. The van der Waals surface area contributed by atoms with Gasteiger partial charge in [-0.25, -0.2) is 22.7 Å². The van der Waals surface area contributed by atoms with Crippen molar-refractivity contribution in [1.29, 1.82) is 0 Å². The molecule has 1 spiro atoms. The van der Waals surface area contributed by atoms with E-state index in [0.717, 1.165) is 42.8 Å². The van der Waals surface area contributed by atoms with Gasteiger partial charge >= 0.3 is 0 Å². The Labute approximate surface area is 182 Å². The molecule has 3 heterocycles. The van der Waals surface area contributed by atoms with E-state index in [1.54, 1.807) is 38.6 Å². The van der Waals surface area contributed by atoms with Crippen molar-refractivity contribution in [3.05, 3.63) is 60.0 Å². The molecule has 0 atom stereocenters. The molecule has 1 aliphatic heterocycles. The molecule has 0 amide bonds. The fourth-order valence-electron chi connectivity index (χ4n) is 4.23. The highest BCUT2D eigenvalue weighted by Gasteiger charge is 2.52. The average molecular weight is 436 g/mol. The van der Waals surface area contributed by atoms with Gasteiger partial charge in [0.2, 0.25) is 16.0 Å². The van der Waals surface area contributed by atoms with Gasteiger partial charge in [-0.05, 0) is 54.7 Å². The lowest BCUT2D eigenvalue weighted by atomic mass is 9.99.